The van der Waals surface area contributed by atoms with E-state index >= 15 is 0 Å². The minimum Gasteiger partial charge on any atom is -0.239 e. The Hall–Kier alpha value is -2.50. The quantitative estimate of drug-likeness (QED) is 0.726. The number of aromatic nitrogens is 5. The highest BCUT2D eigenvalue weighted by atomic mass is 19.1. The highest BCUT2D eigenvalue weighted by molar-refractivity contribution is 5.25. The zero-order chi connectivity index (χ0) is 14.4. The van der Waals surface area contributed by atoms with Gasteiger partial charge >= 0.3 is 0 Å². The van der Waals surface area contributed by atoms with Gasteiger partial charge in [0, 0.05) is 18.3 Å². The van der Waals surface area contributed by atoms with Gasteiger partial charge in [0.2, 0.25) is 0 Å². The maximum absolute atomic E-state index is 14.3. The molecule has 4 rings (SSSR count). The Morgan fingerprint density at radius 3 is 2.71 bits per heavy atom. The average molecular weight is 283 g/mol. The summed E-state index contributed by atoms with van der Waals surface area (Å²) in [5.41, 5.74) is 1.97. The lowest BCUT2D eigenvalue weighted by Gasteiger charge is -2.11. The number of hydrogen-bond donors (Lipinski definition) is 0. The van der Waals surface area contributed by atoms with Crippen LogP contribution in [0.15, 0.2) is 42.6 Å². The van der Waals surface area contributed by atoms with Gasteiger partial charge in [-0.1, -0.05) is 30.3 Å². The molecule has 5 nitrogen and oxygen atoms in total. The number of fused-ring (bicyclic) bond motifs is 1. The van der Waals surface area contributed by atoms with Gasteiger partial charge in [-0.25, -0.2) is 13.8 Å². The number of aryl methyl sites for hydroxylation is 1. The number of halogens is 1. The third kappa shape index (κ3) is 1.86. The van der Waals surface area contributed by atoms with E-state index in [1.807, 2.05) is 43.3 Å². The molecule has 0 spiro atoms. The monoisotopic (exact) mass is 283 g/mol. The van der Waals surface area contributed by atoms with E-state index in [0.717, 1.165) is 11.3 Å². The Morgan fingerprint density at radius 1 is 1.19 bits per heavy atom. The smallest absolute Gasteiger partial charge is 0.239 e. The fraction of sp³-hybridized carbons (Fsp3) is 0.267. The van der Waals surface area contributed by atoms with Crippen LogP contribution in [-0.2, 0) is 0 Å². The lowest BCUT2D eigenvalue weighted by atomic mass is 10.0. The van der Waals surface area contributed by atoms with Gasteiger partial charge in [0.1, 0.15) is 0 Å². The van der Waals surface area contributed by atoms with E-state index < -0.39 is 6.17 Å². The van der Waals surface area contributed by atoms with Gasteiger partial charge in [-0.15, -0.1) is 5.10 Å². The Kier molecular flexibility index (Phi) is 2.63. The molecule has 3 aromatic rings. The lowest BCUT2D eigenvalue weighted by molar-refractivity contribution is 0.328. The molecule has 0 radical (unpaired) electrons. The van der Waals surface area contributed by atoms with Crippen molar-refractivity contribution in [1.29, 1.82) is 0 Å². The minimum atomic E-state index is -1.09. The molecule has 0 aliphatic carbocycles. The molecule has 1 aliphatic heterocycles. The van der Waals surface area contributed by atoms with Crippen LogP contribution < -0.4 is 0 Å². The van der Waals surface area contributed by atoms with Crippen LogP contribution in [0.25, 0.3) is 5.95 Å². The van der Waals surface area contributed by atoms with Gasteiger partial charge < -0.3 is 0 Å². The van der Waals surface area contributed by atoms with Gasteiger partial charge in [-0.05, 0) is 18.6 Å². The fourth-order valence-electron chi connectivity index (χ4n) is 2.79. The zero-order valence-corrected chi connectivity index (χ0v) is 11.5. The molecule has 21 heavy (non-hydrogen) atoms. The number of benzene rings is 1. The molecule has 2 aromatic heterocycles. The molecular weight excluding hydrogens is 269 g/mol. The van der Waals surface area contributed by atoms with E-state index in [9.17, 15) is 4.39 Å². The van der Waals surface area contributed by atoms with Crippen molar-refractivity contribution in [3.63, 3.8) is 0 Å². The van der Waals surface area contributed by atoms with Crippen LogP contribution in [0.2, 0.25) is 0 Å². The molecule has 1 aliphatic rings. The summed E-state index contributed by atoms with van der Waals surface area (Å²) in [4.78, 5) is 4.33. The van der Waals surface area contributed by atoms with Crippen LogP contribution in [0.5, 0.6) is 0 Å². The van der Waals surface area contributed by atoms with E-state index in [1.54, 1.807) is 15.6 Å². The summed E-state index contributed by atoms with van der Waals surface area (Å²) in [6.07, 6.45) is 0.980. The second kappa shape index (κ2) is 4.51. The fourth-order valence-corrected chi connectivity index (χ4v) is 2.79. The van der Waals surface area contributed by atoms with E-state index in [4.69, 9.17) is 0 Å². The van der Waals surface area contributed by atoms with E-state index in [2.05, 4.69) is 15.2 Å². The van der Waals surface area contributed by atoms with Gasteiger partial charge in [0.25, 0.3) is 5.95 Å². The summed E-state index contributed by atoms with van der Waals surface area (Å²) >= 11 is 0. The number of alkyl halides is 1. The standard InChI is InChI=1S/C15H14FN5/c1-10-7-8-17-20(10)15-18-14-12(16)9-13(21(14)19-15)11-5-3-2-4-6-11/h2-8,12-13H,9H2,1H3/t12?,13-/m0/s1. The molecule has 0 fully saturated rings. The second-order valence-electron chi connectivity index (χ2n) is 5.23. The van der Waals surface area contributed by atoms with Crippen molar-refractivity contribution < 1.29 is 4.39 Å². The summed E-state index contributed by atoms with van der Waals surface area (Å²) < 4.78 is 17.6. The van der Waals surface area contributed by atoms with Crippen molar-refractivity contribution in [3.05, 3.63) is 59.7 Å². The molecule has 6 heteroatoms. The van der Waals surface area contributed by atoms with Crippen LogP contribution in [0, 0.1) is 6.92 Å². The van der Waals surface area contributed by atoms with E-state index in [-0.39, 0.29) is 6.04 Å². The SMILES string of the molecule is Cc1ccnn1-c1nc2n(n1)[C@H](c1ccccc1)CC2F. The first kappa shape index (κ1) is 12.3. The van der Waals surface area contributed by atoms with Crippen molar-refractivity contribution in [1.82, 2.24) is 24.5 Å². The van der Waals surface area contributed by atoms with E-state index in [0.29, 0.717) is 18.2 Å². The predicted molar refractivity (Wildman–Crippen MR) is 74.9 cm³/mol. The Labute approximate surface area is 121 Å². The van der Waals surface area contributed by atoms with E-state index in [1.165, 1.54) is 0 Å². The van der Waals surface area contributed by atoms with Gasteiger partial charge in [0.15, 0.2) is 12.0 Å². The first-order valence-corrected chi connectivity index (χ1v) is 6.90. The van der Waals surface area contributed by atoms with Crippen molar-refractivity contribution >= 4 is 0 Å². The molecule has 0 saturated carbocycles. The third-order valence-corrected chi connectivity index (χ3v) is 3.86. The summed E-state index contributed by atoms with van der Waals surface area (Å²) in [6, 6.07) is 11.6. The second-order valence-corrected chi connectivity index (χ2v) is 5.23. The third-order valence-electron chi connectivity index (χ3n) is 3.86. The highest BCUT2D eigenvalue weighted by Crippen LogP contribution is 2.39. The topological polar surface area (TPSA) is 48.5 Å². The van der Waals surface area contributed by atoms with Crippen LogP contribution in [-0.4, -0.2) is 24.5 Å². The number of rotatable bonds is 2. The molecule has 0 N–H and O–H groups in total. The van der Waals surface area contributed by atoms with Crippen LogP contribution in [0.3, 0.4) is 0 Å². The Balaban J connectivity index is 1.80. The summed E-state index contributed by atoms with van der Waals surface area (Å²) in [5.74, 6) is 0.810. The normalized spacial score (nSPS) is 20.7. The predicted octanol–water partition coefficient (Wildman–Crippen LogP) is 2.78. The van der Waals surface area contributed by atoms with Crippen LogP contribution in [0.4, 0.5) is 4.39 Å². The molecule has 0 bridgehead atoms. The molecule has 2 atom stereocenters. The summed E-state index contributed by atoms with van der Waals surface area (Å²) in [7, 11) is 0. The van der Waals surface area contributed by atoms with Gasteiger partial charge in [-0.3, -0.25) is 0 Å². The molecule has 0 amide bonds. The lowest BCUT2D eigenvalue weighted by Crippen LogP contribution is -2.09. The minimum absolute atomic E-state index is 0.103. The Bertz CT molecular complexity index is 776. The van der Waals surface area contributed by atoms with Gasteiger partial charge in [0.05, 0.1) is 6.04 Å². The van der Waals surface area contributed by atoms with Crippen molar-refractivity contribution in [2.75, 3.05) is 0 Å². The maximum atomic E-state index is 14.3. The number of nitrogens with zero attached hydrogens (tertiary/aromatic N) is 5. The largest absolute Gasteiger partial charge is 0.270 e. The summed E-state index contributed by atoms with van der Waals surface area (Å²) in [5, 5.41) is 8.65. The van der Waals surface area contributed by atoms with Crippen molar-refractivity contribution in [2.24, 2.45) is 0 Å². The van der Waals surface area contributed by atoms with Crippen molar-refractivity contribution in [3.8, 4) is 5.95 Å². The molecular formula is C15H14FN5. The zero-order valence-electron chi connectivity index (χ0n) is 11.5. The van der Waals surface area contributed by atoms with Crippen molar-refractivity contribution in [2.45, 2.75) is 25.6 Å². The molecule has 0 saturated heterocycles. The first-order chi connectivity index (χ1) is 10.2. The first-order valence-electron chi connectivity index (χ1n) is 6.90. The Morgan fingerprint density at radius 2 is 2.00 bits per heavy atom. The van der Waals surface area contributed by atoms with Gasteiger partial charge in [-0.2, -0.15) is 10.1 Å². The molecule has 106 valence electrons. The summed E-state index contributed by atoms with van der Waals surface area (Å²) in [6.45, 7) is 1.92. The van der Waals surface area contributed by atoms with Crippen LogP contribution >= 0.6 is 0 Å². The maximum Gasteiger partial charge on any atom is 0.270 e. The number of hydrogen-bond acceptors (Lipinski definition) is 3. The van der Waals surface area contributed by atoms with Crippen LogP contribution in [0.1, 0.15) is 35.7 Å². The molecule has 3 heterocycles. The average Bonchev–Trinajstić information content (AvgIpc) is 3.17. The molecule has 1 aromatic carbocycles. The highest BCUT2D eigenvalue weighted by Gasteiger charge is 2.35. The molecule has 1 unspecified atom stereocenters.